The van der Waals surface area contributed by atoms with E-state index < -0.39 is 0 Å². The highest BCUT2D eigenvalue weighted by atomic mass is 16.2. The first-order valence-electron chi connectivity index (χ1n) is 6.16. The van der Waals surface area contributed by atoms with E-state index in [4.69, 9.17) is 10.8 Å². The number of hydrogen-bond acceptors (Lipinski definition) is 2. The summed E-state index contributed by atoms with van der Waals surface area (Å²) < 4.78 is 0. The van der Waals surface area contributed by atoms with Gasteiger partial charge in [-0.2, -0.15) is 0 Å². The van der Waals surface area contributed by atoms with Crippen molar-refractivity contribution >= 4 is 10.8 Å². The molecule has 2 nitrogen and oxygen atoms in total. The van der Waals surface area contributed by atoms with Crippen LogP contribution in [0.2, 0.25) is 0 Å². The van der Waals surface area contributed by atoms with Crippen molar-refractivity contribution in [3.63, 3.8) is 0 Å². The average Bonchev–Trinajstić information content (AvgIpc) is 2.38. The molecule has 1 atom stereocenters. The summed E-state index contributed by atoms with van der Waals surface area (Å²) in [5, 5.41) is 11.2. The summed E-state index contributed by atoms with van der Waals surface area (Å²) in [6.45, 7) is 0.254. The first-order chi connectivity index (χ1) is 8.31. The Bertz CT molecular complexity index is 481. The number of unbranched alkanes of at least 4 members (excludes halogenated alkanes) is 1. The number of fused-ring (bicyclic) bond motifs is 1. The summed E-state index contributed by atoms with van der Waals surface area (Å²) in [5.41, 5.74) is 7.33. The number of aliphatic hydroxyl groups excluding tert-OH is 1. The van der Waals surface area contributed by atoms with Crippen LogP contribution in [0.25, 0.3) is 10.8 Å². The van der Waals surface area contributed by atoms with E-state index in [0.29, 0.717) is 0 Å². The van der Waals surface area contributed by atoms with E-state index in [1.54, 1.807) is 0 Å². The Hall–Kier alpha value is -1.38. The van der Waals surface area contributed by atoms with Crippen molar-refractivity contribution in [2.75, 3.05) is 6.61 Å². The molecule has 0 bridgehead atoms. The van der Waals surface area contributed by atoms with Crippen LogP contribution in [0.15, 0.2) is 42.5 Å². The standard InChI is InChI=1S/C15H19NO/c16-15(7-3-4-10-17)14-9-8-12-5-1-2-6-13(12)11-14/h1-2,5-6,8-9,11,15,17H,3-4,7,10,16H2. The second-order valence-electron chi connectivity index (χ2n) is 4.43. The summed E-state index contributed by atoms with van der Waals surface area (Å²) in [6, 6.07) is 14.8. The molecule has 1 unspecified atom stereocenters. The van der Waals surface area contributed by atoms with Gasteiger partial charge in [0.15, 0.2) is 0 Å². The molecule has 0 saturated heterocycles. The minimum Gasteiger partial charge on any atom is -0.396 e. The maximum atomic E-state index is 8.75. The van der Waals surface area contributed by atoms with Gasteiger partial charge in [0.25, 0.3) is 0 Å². The van der Waals surface area contributed by atoms with Crippen molar-refractivity contribution in [2.24, 2.45) is 5.73 Å². The zero-order valence-electron chi connectivity index (χ0n) is 9.97. The summed E-state index contributed by atoms with van der Waals surface area (Å²) in [4.78, 5) is 0. The largest absolute Gasteiger partial charge is 0.396 e. The monoisotopic (exact) mass is 229 g/mol. The van der Waals surface area contributed by atoms with Gasteiger partial charge >= 0.3 is 0 Å². The number of rotatable bonds is 5. The van der Waals surface area contributed by atoms with Gasteiger partial charge in [-0.05, 0) is 41.7 Å². The third-order valence-electron chi connectivity index (χ3n) is 3.12. The molecule has 2 rings (SSSR count). The summed E-state index contributed by atoms with van der Waals surface area (Å²) in [7, 11) is 0. The zero-order valence-corrected chi connectivity index (χ0v) is 9.97. The molecule has 0 aliphatic heterocycles. The molecule has 0 heterocycles. The van der Waals surface area contributed by atoms with Gasteiger partial charge in [0.2, 0.25) is 0 Å². The van der Waals surface area contributed by atoms with Crippen LogP contribution in [0.3, 0.4) is 0 Å². The minimum atomic E-state index is 0.0751. The van der Waals surface area contributed by atoms with Crippen LogP contribution < -0.4 is 5.73 Å². The van der Waals surface area contributed by atoms with Crippen LogP contribution in [-0.4, -0.2) is 11.7 Å². The summed E-state index contributed by atoms with van der Waals surface area (Å²) >= 11 is 0. The molecule has 0 aromatic heterocycles. The van der Waals surface area contributed by atoms with E-state index in [-0.39, 0.29) is 12.6 Å². The van der Waals surface area contributed by atoms with E-state index >= 15 is 0 Å². The number of hydrogen-bond donors (Lipinski definition) is 2. The number of benzene rings is 2. The topological polar surface area (TPSA) is 46.2 Å². The van der Waals surface area contributed by atoms with Crippen molar-refractivity contribution in [2.45, 2.75) is 25.3 Å². The van der Waals surface area contributed by atoms with Gasteiger partial charge in [0.05, 0.1) is 0 Å². The molecule has 2 aromatic carbocycles. The van der Waals surface area contributed by atoms with Crippen molar-refractivity contribution in [3.8, 4) is 0 Å². The van der Waals surface area contributed by atoms with Gasteiger partial charge in [-0.1, -0.05) is 36.4 Å². The Balaban J connectivity index is 2.12. The van der Waals surface area contributed by atoms with E-state index in [2.05, 4.69) is 30.3 Å². The Kier molecular flexibility index (Phi) is 4.13. The van der Waals surface area contributed by atoms with Gasteiger partial charge in [0, 0.05) is 12.6 Å². The SMILES string of the molecule is NC(CCCCO)c1ccc2ccccc2c1. The van der Waals surface area contributed by atoms with Crippen LogP contribution in [0.5, 0.6) is 0 Å². The quantitative estimate of drug-likeness (QED) is 0.774. The van der Waals surface area contributed by atoms with Crippen molar-refractivity contribution < 1.29 is 5.11 Å². The van der Waals surface area contributed by atoms with Gasteiger partial charge < -0.3 is 10.8 Å². The normalized spacial score (nSPS) is 12.8. The summed E-state index contributed by atoms with van der Waals surface area (Å²) in [6.07, 6.45) is 2.74. The van der Waals surface area contributed by atoms with Crippen LogP contribution in [-0.2, 0) is 0 Å². The predicted octanol–water partition coefficient (Wildman–Crippen LogP) is 3.00. The predicted molar refractivity (Wildman–Crippen MR) is 71.8 cm³/mol. The highest BCUT2D eigenvalue weighted by Crippen LogP contribution is 2.22. The van der Waals surface area contributed by atoms with Gasteiger partial charge in [-0.25, -0.2) is 0 Å². The highest BCUT2D eigenvalue weighted by Gasteiger charge is 2.06. The third kappa shape index (κ3) is 3.05. The van der Waals surface area contributed by atoms with Gasteiger partial charge in [-0.15, -0.1) is 0 Å². The molecule has 3 N–H and O–H groups in total. The molecule has 0 aliphatic carbocycles. The lowest BCUT2D eigenvalue weighted by Crippen LogP contribution is -2.10. The third-order valence-corrected chi connectivity index (χ3v) is 3.12. The molecule has 0 radical (unpaired) electrons. The maximum absolute atomic E-state index is 8.75. The Morgan fingerprint density at radius 3 is 2.53 bits per heavy atom. The fraction of sp³-hybridized carbons (Fsp3) is 0.333. The molecular formula is C15H19NO. The Morgan fingerprint density at radius 2 is 1.76 bits per heavy atom. The van der Waals surface area contributed by atoms with E-state index in [1.807, 2.05) is 12.1 Å². The Morgan fingerprint density at radius 1 is 1.00 bits per heavy atom. The lowest BCUT2D eigenvalue weighted by atomic mass is 9.99. The molecule has 0 spiro atoms. The molecular weight excluding hydrogens is 210 g/mol. The number of aliphatic hydroxyl groups is 1. The highest BCUT2D eigenvalue weighted by molar-refractivity contribution is 5.83. The second kappa shape index (κ2) is 5.80. The van der Waals surface area contributed by atoms with E-state index in [1.165, 1.54) is 16.3 Å². The molecule has 17 heavy (non-hydrogen) atoms. The lowest BCUT2D eigenvalue weighted by Gasteiger charge is -2.12. The van der Waals surface area contributed by atoms with Gasteiger partial charge in [0.1, 0.15) is 0 Å². The van der Waals surface area contributed by atoms with Crippen molar-refractivity contribution in [3.05, 3.63) is 48.0 Å². The first-order valence-corrected chi connectivity index (χ1v) is 6.16. The Labute approximate surface area is 102 Å². The molecule has 0 aliphatic rings. The average molecular weight is 229 g/mol. The first kappa shape index (κ1) is 12.1. The second-order valence-corrected chi connectivity index (χ2v) is 4.43. The van der Waals surface area contributed by atoms with E-state index in [0.717, 1.165) is 19.3 Å². The van der Waals surface area contributed by atoms with Crippen LogP contribution in [0.1, 0.15) is 30.9 Å². The molecule has 0 saturated carbocycles. The fourth-order valence-corrected chi connectivity index (χ4v) is 2.08. The number of nitrogens with two attached hydrogens (primary N) is 1. The van der Waals surface area contributed by atoms with E-state index in [9.17, 15) is 0 Å². The maximum Gasteiger partial charge on any atom is 0.0431 e. The van der Waals surface area contributed by atoms with Crippen LogP contribution >= 0.6 is 0 Å². The van der Waals surface area contributed by atoms with Crippen LogP contribution in [0.4, 0.5) is 0 Å². The molecule has 0 amide bonds. The molecule has 0 fully saturated rings. The zero-order chi connectivity index (χ0) is 12.1. The molecule has 90 valence electrons. The minimum absolute atomic E-state index is 0.0751. The van der Waals surface area contributed by atoms with Crippen LogP contribution in [0, 0.1) is 0 Å². The molecule has 2 aromatic rings. The lowest BCUT2D eigenvalue weighted by molar-refractivity contribution is 0.281. The molecule has 2 heteroatoms. The van der Waals surface area contributed by atoms with Crippen molar-refractivity contribution in [1.29, 1.82) is 0 Å². The smallest absolute Gasteiger partial charge is 0.0431 e. The summed E-state index contributed by atoms with van der Waals surface area (Å²) in [5.74, 6) is 0. The fourth-order valence-electron chi connectivity index (χ4n) is 2.08. The van der Waals surface area contributed by atoms with Crippen molar-refractivity contribution in [1.82, 2.24) is 0 Å². The van der Waals surface area contributed by atoms with Gasteiger partial charge in [-0.3, -0.25) is 0 Å².